The Bertz CT molecular complexity index is 757. The molecule has 0 aliphatic rings. The summed E-state index contributed by atoms with van der Waals surface area (Å²) >= 11 is 0. The lowest BCUT2D eigenvalue weighted by atomic mass is 10.2. The Morgan fingerprint density at radius 2 is 1.84 bits per heavy atom. The lowest BCUT2D eigenvalue weighted by Gasteiger charge is -2.11. The number of esters is 1. The van der Waals surface area contributed by atoms with Gasteiger partial charge in [-0.3, -0.25) is 4.79 Å². The molecular formula is C18H22N4O3. The molecule has 132 valence electrons. The number of ether oxygens (including phenoxy) is 1. The zero-order valence-corrected chi connectivity index (χ0v) is 14.8. The quantitative estimate of drug-likeness (QED) is 0.784. The second-order valence-corrected chi connectivity index (χ2v) is 5.74. The highest BCUT2D eigenvalue weighted by molar-refractivity contribution is 5.93. The molecule has 2 rings (SSSR count). The molecule has 0 unspecified atom stereocenters. The van der Waals surface area contributed by atoms with Crippen LogP contribution in [0.4, 0.5) is 11.5 Å². The van der Waals surface area contributed by atoms with Crippen molar-refractivity contribution in [3.8, 4) is 0 Å². The number of rotatable bonds is 6. The van der Waals surface area contributed by atoms with Crippen LogP contribution in [0.15, 0.2) is 30.3 Å². The Kier molecular flexibility index (Phi) is 6.05. The van der Waals surface area contributed by atoms with Crippen LogP contribution in [0.5, 0.6) is 0 Å². The van der Waals surface area contributed by atoms with Gasteiger partial charge in [0.15, 0.2) is 0 Å². The zero-order valence-electron chi connectivity index (χ0n) is 14.8. The molecule has 1 aromatic heterocycles. The number of benzene rings is 1. The maximum Gasteiger partial charge on any atom is 0.338 e. The summed E-state index contributed by atoms with van der Waals surface area (Å²) in [5.41, 5.74) is 1.51. The fraction of sp³-hybridized carbons (Fsp3) is 0.333. The van der Waals surface area contributed by atoms with Gasteiger partial charge in [0.1, 0.15) is 17.3 Å². The number of carbonyl (C=O) groups is 2. The van der Waals surface area contributed by atoms with Crippen molar-refractivity contribution in [1.29, 1.82) is 0 Å². The summed E-state index contributed by atoms with van der Waals surface area (Å²) in [7, 11) is 0. The summed E-state index contributed by atoms with van der Waals surface area (Å²) < 4.78 is 4.95. The third-order valence-corrected chi connectivity index (χ3v) is 3.16. The van der Waals surface area contributed by atoms with Crippen LogP contribution in [0.3, 0.4) is 0 Å². The minimum Gasteiger partial charge on any atom is -0.462 e. The molecule has 0 spiro atoms. The number of nitrogens with one attached hydrogen (secondary N) is 2. The van der Waals surface area contributed by atoms with E-state index in [-0.39, 0.29) is 17.9 Å². The average molecular weight is 342 g/mol. The van der Waals surface area contributed by atoms with Gasteiger partial charge in [0, 0.05) is 17.8 Å². The van der Waals surface area contributed by atoms with Gasteiger partial charge in [-0.25, -0.2) is 14.8 Å². The van der Waals surface area contributed by atoms with Crippen molar-refractivity contribution in [2.45, 2.75) is 33.7 Å². The number of anilines is 2. The van der Waals surface area contributed by atoms with Gasteiger partial charge in [-0.2, -0.15) is 0 Å². The molecule has 1 aromatic carbocycles. The van der Waals surface area contributed by atoms with Gasteiger partial charge < -0.3 is 15.4 Å². The van der Waals surface area contributed by atoms with Crippen molar-refractivity contribution < 1.29 is 14.3 Å². The summed E-state index contributed by atoms with van der Waals surface area (Å²) in [6.07, 6.45) is 0. The maximum absolute atomic E-state index is 12.1. The van der Waals surface area contributed by atoms with Crippen molar-refractivity contribution in [3.05, 3.63) is 47.4 Å². The highest BCUT2D eigenvalue weighted by Gasteiger charge is 2.12. The van der Waals surface area contributed by atoms with Gasteiger partial charge in [-0.05, 0) is 52.0 Å². The van der Waals surface area contributed by atoms with Crippen LogP contribution >= 0.6 is 0 Å². The molecule has 0 saturated carbocycles. The summed E-state index contributed by atoms with van der Waals surface area (Å²) in [6.45, 7) is 7.59. The topological polar surface area (TPSA) is 93.2 Å². The fourth-order valence-corrected chi connectivity index (χ4v) is 2.14. The second-order valence-electron chi connectivity index (χ2n) is 5.74. The smallest absolute Gasteiger partial charge is 0.338 e. The molecule has 0 atom stereocenters. The van der Waals surface area contributed by atoms with E-state index in [4.69, 9.17) is 4.74 Å². The Balaban J connectivity index is 2.15. The first kappa shape index (κ1) is 18.4. The van der Waals surface area contributed by atoms with E-state index in [9.17, 15) is 9.59 Å². The largest absolute Gasteiger partial charge is 0.462 e. The molecule has 25 heavy (non-hydrogen) atoms. The van der Waals surface area contributed by atoms with Gasteiger partial charge in [-0.1, -0.05) is 0 Å². The van der Waals surface area contributed by atoms with E-state index in [2.05, 4.69) is 20.6 Å². The molecule has 0 radical (unpaired) electrons. The first-order chi connectivity index (χ1) is 11.9. The molecule has 0 fully saturated rings. The molecule has 0 aliphatic heterocycles. The highest BCUT2D eigenvalue weighted by Crippen LogP contribution is 2.17. The number of aromatic nitrogens is 2. The SMILES string of the molecule is CCOC(=O)c1ccc(Nc2cc(C(=O)NC(C)C)nc(C)n2)cc1. The molecule has 2 N–H and O–H groups in total. The Hall–Kier alpha value is -2.96. The molecule has 1 heterocycles. The molecule has 0 bridgehead atoms. The van der Waals surface area contributed by atoms with Crippen molar-refractivity contribution in [3.63, 3.8) is 0 Å². The average Bonchev–Trinajstić information content (AvgIpc) is 2.54. The van der Waals surface area contributed by atoms with E-state index < -0.39 is 0 Å². The first-order valence-corrected chi connectivity index (χ1v) is 8.09. The Morgan fingerprint density at radius 3 is 2.44 bits per heavy atom. The first-order valence-electron chi connectivity index (χ1n) is 8.09. The third kappa shape index (κ3) is 5.27. The Morgan fingerprint density at radius 1 is 1.16 bits per heavy atom. The highest BCUT2D eigenvalue weighted by atomic mass is 16.5. The number of aryl methyl sites for hydroxylation is 1. The Labute approximate surface area is 146 Å². The predicted molar refractivity (Wildman–Crippen MR) is 95.1 cm³/mol. The lowest BCUT2D eigenvalue weighted by Crippen LogP contribution is -2.31. The van der Waals surface area contributed by atoms with E-state index in [1.165, 1.54) is 0 Å². The van der Waals surface area contributed by atoms with Crippen molar-refractivity contribution in [1.82, 2.24) is 15.3 Å². The van der Waals surface area contributed by atoms with Gasteiger partial charge >= 0.3 is 5.97 Å². The van der Waals surface area contributed by atoms with Gasteiger partial charge in [0.25, 0.3) is 5.91 Å². The van der Waals surface area contributed by atoms with Crippen molar-refractivity contribution in [2.75, 3.05) is 11.9 Å². The summed E-state index contributed by atoms with van der Waals surface area (Å²) in [6, 6.07) is 8.44. The summed E-state index contributed by atoms with van der Waals surface area (Å²) in [5.74, 6) is 0.383. The van der Waals surface area contributed by atoms with E-state index in [0.29, 0.717) is 29.5 Å². The normalized spacial score (nSPS) is 10.4. The summed E-state index contributed by atoms with van der Waals surface area (Å²) in [5, 5.41) is 5.91. The van der Waals surface area contributed by atoms with Gasteiger partial charge in [0.2, 0.25) is 0 Å². The fourth-order valence-electron chi connectivity index (χ4n) is 2.14. The summed E-state index contributed by atoms with van der Waals surface area (Å²) in [4.78, 5) is 32.2. The van der Waals surface area contributed by atoms with E-state index in [1.54, 1.807) is 44.2 Å². The molecule has 2 aromatic rings. The van der Waals surface area contributed by atoms with Gasteiger partial charge in [-0.15, -0.1) is 0 Å². The van der Waals surface area contributed by atoms with E-state index >= 15 is 0 Å². The zero-order chi connectivity index (χ0) is 18.4. The number of nitrogens with zero attached hydrogens (tertiary/aromatic N) is 2. The molecular weight excluding hydrogens is 320 g/mol. The molecule has 7 nitrogen and oxygen atoms in total. The monoisotopic (exact) mass is 342 g/mol. The molecule has 1 amide bonds. The van der Waals surface area contributed by atoms with Gasteiger partial charge in [0.05, 0.1) is 12.2 Å². The minimum atomic E-state index is -0.362. The number of amides is 1. The van der Waals surface area contributed by atoms with Crippen molar-refractivity contribution >= 4 is 23.4 Å². The van der Waals surface area contributed by atoms with Crippen LogP contribution in [-0.4, -0.2) is 34.5 Å². The number of carbonyl (C=O) groups excluding carboxylic acids is 2. The van der Waals surface area contributed by atoms with E-state index in [0.717, 1.165) is 5.69 Å². The second kappa shape index (κ2) is 8.23. The minimum absolute atomic E-state index is 0.0228. The lowest BCUT2D eigenvalue weighted by molar-refractivity contribution is 0.0526. The maximum atomic E-state index is 12.1. The molecule has 0 aliphatic carbocycles. The predicted octanol–water partition coefficient (Wildman–Crippen LogP) is 2.84. The number of hydrogen-bond donors (Lipinski definition) is 2. The third-order valence-electron chi connectivity index (χ3n) is 3.16. The molecule has 0 saturated heterocycles. The van der Waals surface area contributed by atoms with Crippen LogP contribution in [0, 0.1) is 6.92 Å². The molecule has 7 heteroatoms. The number of hydrogen-bond acceptors (Lipinski definition) is 6. The van der Waals surface area contributed by atoms with Crippen LogP contribution in [-0.2, 0) is 4.74 Å². The van der Waals surface area contributed by atoms with Crippen LogP contribution in [0.2, 0.25) is 0 Å². The van der Waals surface area contributed by atoms with Crippen LogP contribution in [0.25, 0.3) is 0 Å². The van der Waals surface area contributed by atoms with Crippen LogP contribution in [0.1, 0.15) is 47.4 Å². The van der Waals surface area contributed by atoms with Crippen LogP contribution < -0.4 is 10.6 Å². The standard InChI is InChI=1S/C18H22N4O3/c1-5-25-18(24)13-6-8-14(9-7-13)22-16-10-15(20-12(4)21-16)17(23)19-11(2)3/h6-11H,5H2,1-4H3,(H,19,23)(H,20,21,22). The van der Waals surface area contributed by atoms with E-state index in [1.807, 2.05) is 13.8 Å². The van der Waals surface area contributed by atoms with Crippen molar-refractivity contribution in [2.24, 2.45) is 0 Å².